The lowest BCUT2D eigenvalue weighted by atomic mass is 10.1. The Bertz CT molecular complexity index is 923. The quantitative estimate of drug-likeness (QED) is 0.600. The normalized spacial score (nSPS) is 12.3. The van der Waals surface area contributed by atoms with E-state index in [1.807, 2.05) is 37.3 Å². The summed E-state index contributed by atoms with van der Waals surface area (Å²) in [5, 5.41) is 2.94. The summed E-state index contributed by atoms with van der Waals surface area (Å²) in [6, 6.07) is 16.3. The van der Waals surface area contributed by atoms with Crippen molar-refractivity contribution in [1.29, 1.82) is 0 Å². The van der Waals surface area contributed by atoms with Gasteiger partial charge in [0.15, 0.2) is 5.69 Å². The zero-order valence-electron chi connectivity index (χ0n) is 16.9. The number of carbonyl (C=O) groups excluding carboxylic acids is 1. The van der Waals surface area contributed by atoms with E-state index in [1.165, 1.54) is 18.4 Å². The number of aromatic nitrogens is 1. The van der Waals surface area contributed by atoms with Crippen molar-refractivity contribution in [3.63, 3.8) is 0 Å². The summed E-state index contributed by atoms with van der Waals surface area (Å²) in [5.41, 5.74) is 2.28. The van der Waals surface area contributed by atoms with Gasteiger partial charge in [0.05, 0.1) is 12.6 Å². The molecule has 5 nitrogen and oxygen atoms in total. The van der Waals surface area contributed by atoms with Gasteiger partial charge in [-0.05, 0) is 44.0 Å². The first-order valence-electron chi connectivity index (χ1n) is 9.71. The first kappa shape index (κ1) is 20.7. The summed E-state index contributed by atoms with van der Waals surface area (Å²) in [4.78, 5) is 19.0. The summed E-state index contributed by atoms with van der Waals surface area (Å²) >= 11 is 0. The zero-order chi connectivity index (χ0) is 20.8. The summed E-state index contributed by atoms with van der Waals surface area (Å²) in [5.74, 6) is -0.0535. The molecule has 1 atom stereocenters. The second-order valence-electron chi connectivity index (χ2n) is 7.36. The fourth-order valence-electron chi connectivity index (χ4n) is 3.00. The number of carbonyl (C=O) groups is 1. The van der Waals surface area contributed by atoms with Gasteiger partial charge in [-0.1, -0.05) is 42.5 Å². The van der Waals surface area contributed by atoms with Gasteiger partial charge < -0.3 is 9.73 Å². The third kappa shape index (κ3) is 5.74. The minimum Gasteiger partial charge on any atom is -0.447 e. The van der Waals surface area contributed by atoms with Crippen molar-refractivity contribution in [1.82, 2.24) is 15.2 Å². The number of rotatable bonds is 8. The number of halogens is 1. The van der Waals surface area contributed by atoms with E-state index in [4.69, 9.17) is 4.42 Å². The Morgan fingerprint density at radius 3 is 2.41 bits per heavy atom. The van der Waals surface area contributed by atoms with E-state index < -0.39 is 0 Å². The third-order valence-corrected chi connectivity index (χ3v) is 4.80. The maximum Gasteiger partial charge on any atom is 0.273 e. The highest BCUT2D eigenvalue weighted by atomic mass is 19.1. The van der Waals surface area contributed by atoms with Crippen LogP contribution in [0, 0.1) is 5.82 Å². The standard InChI is InChI=1S/C23H26FN3O2/c1-16(2)27(13-18-9-11-20(24)12-10-18)14-22-26-21(15-29-22)23(28)25-17(3)19-7-5-4-6-8-19/h4-12,15-17H,13-14H2,1-3H3,(H,25,28)/t17-/m0/s1. The predicted octanol–water partition coefficient (Wildman–Crippen LogP) is 4.72. The number of nitrogens with one attached hydrogen (secondary N) is 1. The number of benzene rings is 2. The molecule has 0 fully saturated rings. The Balaban J connectivity index is 1.63. The topological polar surface area (TPSA) is 58.4 Å². The Morgan fingerprint density at radius 1 is 1.07 bits per heavy atom. The van der Waals surface area contributed by atoms with Gasteiger partial charge >= 0.3 is 0 Å². The molecule has 6 heteroatoms. The molecule has 0 saturated carbocycles. The highest BCUT2D eigenvalue weighted by Gasteiger charge is 2.18. The van der Waals surface area contributed by atoms with Gasteiger partial charge in [0.25, 0.3) is 5.91 Å². The number of oxazole rings is 1. The van der Waals surface area contributed by atoms with Crippen LogP contribution in [0.3, 0.4) is 0 Å². The lowest BCUT2D eigenvalue weighted by molar-refractivity contribution is 0.0934. The van der Waals surface area contributed by atoms with Crippen LogP contribution in [-0.4, -0.2) is 21.8 Å². The summed E-state index contributed by atoms with van der Waals surface area (Å²) in [7, 11) is 0. The molecule has 1 amide bonds. The van der Waals surface area contributed by atoms with Crippen molar-refractivity contribution in [2.45, 2.75) is 45.9 Å². The maximum absolute atomic E-state index is 13.1. The largest absolute Gasteiger partial charge is 0.447 e. The van der Waals surface area contributed by atoms with Crippen LogP contribution in [0.2, 0.25) is 0 Å². The molecule has 0 aliphatic rings. The fourth-order valence-corrected chi connectivity index (χ4v) is 3.00. The number of hydrogen-bond acceptors (Lipinski definition) is 4. The first-order chi connectivity index (χ1) is 13.9. The molecule has 2 aromatic carbocycles. The van der Waals surface area contributed by atoms with Gasteiger partial charge in [-0.3, -0.25) is 9.69 Å². The molecule has 1 heterocycles. The van der Waals surface area contributed by atoms with Crippen molar-refractivity contribution in [3.8, 4) is 0 Å². The van der Waals surface area contributed by atoms with Gasteiger partial charge in [0.2, 0.25) is 5.89 Å². The molecule has 0 saturated heterocycles. The van der Waals surface area contributed by atoms with Crippen LogP contribution in [0.4, 0.5) is 4.39 Å². The van der Waals surface area contributed by atoms with Crippen LogP contribution >= 0.6 is 0 Å². The van der Waals surface area contributed by atoms with Crippen LogP contribution in [0.5, 0.6) is 0 Å². The number of amides is 1. The van der Waals surface area contributed by atoms with Crippen LogP contribution < -0.4 is 5.32 Å². The molecular weight excluding hydrogens is 369 g/mol. The van der Waals surface area contributed by atoms with Crippen molar-refractivity contribution < 1.29 is 13.6 Å². The first-order valence-corrected chi connectivity index (χ1v) is 9.71. The van der Waals surface area contributed by atoms with Crippen LogP contribution in [0.1, 0.15) is 54.3 Å². The van der Waals surface area contributed by atoms with Crippen LogP contribution in [0.25, 0.3) is 0 Å². The maximum atomic E-state index is 13.1. The minimum absolute atomic E-state index is 0.130. The molecule has 0 aliphatic carbocycles. The average Bonchev–Trinajstić information content (AvgIpc) is 3.18. The molecule has 0 spiro atoms. The molecule has 152 valence electrons. The second-order valence-corrected chi connectivity index (χ2v) is 7.36. The van der Waals surface area contributed by atoms with E-state index in [1.54, 1.807) is 12.1 Å². The van der Waals surface area contributed by atoms with Crippen LogP contribution in [-0.2, 0) is 13.1 Å². The highest BCUT2D eigenvalue weighted by Crippen LogP contribution is 2.15. The monoisotopic (exact) mass is 395 g/mol. The van der Waals surface area contributed by atoms with Gasteiger partial charge in [-0.2, -0.15) is 0 Å². The van der Waals surface area contributed by atoms with Gasteiger partial charge in [0, 0.05) is 12.6 Å². The summed E-state index contributed by atoms with van der Waals surface area (Å²) < 4.78 is 18.7. The smallest absolute Gasteiger partial charge is 0.273 e. The third-order valence-electron chi connectivity index (χ3n) is 4.80. The summed E-state index contributed by atoms with van der Waals surface area (Å²) in [6.07, 6.45) is 1.39. The Morgan fingerprint density at radius 2 is 1.76 bits per heavy atom. The number of nitrogens with zero attached hydrogens (tertiary/aromatic N) is 2. The minimum atomic E-state index is -0.272. The van der Waals surface area contributed by atoms with Crippen molar-refractivity contribution in [2.24, 2.45) is 0 Å². The second kappa shape index (κ2) is 9.47. The molecule has 29 heavy (non-hydrogen) atoms. The molecular formula is C23H26FN3O2. The predicted molar refractivity (Wildman–Crippen MR) is 110 cm³/mol. The molecule has 1 N–H and O–H groups in total. The van der Waals surface area contributed by atoms with E-state index in [9.17, 15) is 9.18 Å². The highest BCUT2D eigenvalue weighted by molar-refractivity contribution is 5.92. The SMILES string of the molecule is CC(C)N(Cc1ccc(F)cc1)Cc1nc(C(=O)N[C@@H](C)c2ccccc2)co1. The van der Waals surface area contributed by atoms with E-state index in [0.717, 1.165) is 11.1 Å². The fraction of sp³-hybridized carbons (Fsp3) is 0.304. The Hall–Kier alpha value is -2.99. The lowest BCUT2D eigenvalue weighted by Gasteiger charge is -2.25. The van der Waals surface area contributed by atoms with Gasteiger partial charge in [-0.15, -0.1) is 0 Å². The Labute approximate surface area is 170 Å². The van der Waals surface area contributed by atoms with E-state index in [0.29, 0.717) is 19.0 Å². The lowest BCUT2D eigenvalue weighted by Crippen LogP contribution is -2.30. The van der Waals surface area contributed by atoms with E-state index in [-0.39, 0.29) is 29.5 Å². The zero-order valence-corrected chi connectivity index (χ0v) is 16.9. The molecule has 0 unspecified atom stereocenters. The molecule has 3 rings (SSSR count). The van der Waals surface area contributed by atoms with Crippen LogP contribution in [0.15, 0.2) is 65.3 Å². The molecule has 0 radical (unpaired) electrons. The molecule has 0 aliphatic heterocycles. The van der Waals surface area contributed by atoms with Gasteiger partial charge in [-0.25, -0.2) is 9.37 Å². The van der Waals surface area contributed by atoms with Gasteiger partial charge in [0.1, 0.15) is 12.1 Å². The summed E-state index contributed by atoms with van der Waals surface area (Å²) in [6.45, 7) is 7.16. The molecule has 3 aromatic rings. The van der Waals surface area contributed by atoms with Crippen molar-refractivity contribution >= 4 is 5.91 Å². The van der Waals surface area contributed by atoms with E-state index in [2.05, 4.69) is 29.0 Å². The average molecular weight is 395 g/mol. The van der Waals surface area contributed by atoms with E-state index >= 15 is 0 Å². The molecule has 0 bridgehead atoms. The number of hydrogen-bond donors (Lipinski definition) is 1. The Kier molecular flexibility index (Phi) is 6.77. The molecule has 1 aromatic heterocycles. The van der Waals surface area contributed by atoms with Crippen molar-refractivity contribution in [3.05, 3.63) is 89.4 Å². The van der Waals surface area contributed by atoms with Crippen molar-refractivity contribution in [2.75, 3.05) is 0 Å².